The summed E-state index contributed by atoms with van der Waals surface area (Å²) in [6.07, 6.45) is 2.66. The normalized spacial score (nSPS) is 26.9. The molecule has 22 heavy (non-hydrogen) atoms. The first-order valence-corrected chi connectivity index (χ1v) is 8.60. The lowest BCUT2D eigenvalue weighted by Gasteiger charge is -2.39. The van der Waals surface area contributed by atoms with Gasteiger partial charge in [0.2, 0.25) is 0 Å². The summed E-state index contributed by atoms with van der Waals surface area (Å²) >= 11 is 0. The number of hydrogen-bond acceptors (Lipinski definition) is 4. The Balaban J connectivity index is 1.52. The number of methoxy groups -OCH3 is 1. The highest BCUT2D eigenvalue weighted by Crippen LogP contribution is 2.28. The van der Waals surface area contributed by atoms with Gasteiger partial charge in [-0.25, -0.2) is 0 Å². The average molecular weight is 303 g/mol. The molecule has 2 atom stereocenters. The van der Waals surface area contributed by atoms with Crippen LogP contribution >= 0.6 is 0 Å². The van der Waals surface area contributed by atoms with Crippen LogP contribution in [-0.4, -0.2) is 57.3 Å². The molecule has 2 fully saturated rings. The zero-order chi connectivity index (χ0) is 15.4. The number of nitrogens with one attached hydrogen (secondary N) is 1. The maximum absolute atomic E-state index is 5.50. The third-order valence-corrected chi connectivity index (χ3v) is 5.05. The fraction of sp³-hybridized carbons (Fsp3) is 0.667. The Morgan fingerprint density at radius 1 is 1.18 bits per heavy atom. The molecule has 2 heterocycles. The molecule has 2 aliphatic rings. The second-order valence-corrected chi connectivity index (χ2v) is 6.71. The Morgan fingerprint density at radius 3 is 2.68 bits per heavy atom. The van der Waals surface area contributed by atoms with Gasteiger partial charge in [-0.05, 0) is 44.4 Å². The summed E-state index contributed by atoms with van der Waals surface area (Å²) in [5.41, 5.74) is 1.24. The third-order valence-electron chi connectivity index (χ3n) is 5.05. The SMILES string of the molecule is COc1ccccc1N1CCN(CC2CCNC(C)C2)CC1. The van der Waals surface area contributed by atoms with E-state index in [9.17, 15) is 0 Å². The Hall–Kier alpha value is -1.26. The molecular formula is C18H29N3O. The fourth-order valence-corrected chi connectivity index (χ4v) is 3.83. The van der Waals surface area contributed by atoms with Gasteiger partial charge in [-0.3, -0.25) is 4.90 Å². The Bertz CT molecular complexity index is 471. The number of rotatable bonds is 4. The largest absolute Gasteiger partial charge is 0.495 e. The number of anilines is 1. The van der Waals surface area contributed by atoms with Gasteiger partial charge in [0.25, 0.3) is 0 Å². The fourth-order valence-electron chi connectivity index (χ4n) is 3.83. The summed E-state index contributed by atoms with van der Waals surface area (Å²) in [6, 6.07) is 9.05. The van der Waals surface area contributed by atoms with Crippen LogP contribution in [-0.2, 0) is 0 Å². The summed E-state index contributed by atoms with van der Waals surface area (Å²) in [4.78, 5) is 5.11. The minimum absolute atomic E-state index is 0.689. The summed E-state index contributed by atoms with van der Waals surface area (Å²) in [7, 11) is 1.76. The first kappa shape index (κ1) is 15.6. The zero-order valence-electron chi connectivity index (χ0n) is 13.9. The van der Waals surface area contributed by atoms with Crippen molar-refractivity contribution in [3.63, 3.8) is 0 Å². The van der Waals surface area contributed by atoms with Crippen molar-refractivity contribution >= 4 is 5.69 Å². The molecule has 1 aromatic carbocycles. The van der Waals surface area contributed by atoms with Crippen molar-refractivity contribution in [2.24, 2.45) is 5.92 Å². The van der Waals surface area contributed by atoms with Crippen molar-refractivity contribution in [2.75, 3.05) is 51.3 Å². The molecule has 0 aliphatic carbocycles. The van der Waals surface area contributed by atoms with Gasteiger partial charge in [-0.2, -0.15) is 0 Å². The lowest BCUT2D eigenvalue weighted by Crippen LogP contribution is -2.49. The predicted molar refractivity (Wildman–Crippen MR) is 91.8 cm³/mol. The van der Waals surface area contributed by atoms with E-state index >= 15 is 0 Å². The quantitative estimate of drug-likeness (QED) is 0.923. The molecule has 4 heteroatoms. The van der Waals surface area contributed by atoms with Gasteiger partial charge in [-0.1, -0.05) is 12.1 Å². The number of benzene rings is 1. The molecule has 3 rings (SSSR count). The number of nitrogens with zero attached hydrogens (tertiary/aromatic N) is 2. The molecule has 2 unspecified atom stereocenters. The van der Waals surface area contributed by atoms with Crippen LogP contribution in [0.25, 0.3) is 0 Å². The van der Waals surface area contributed by atoms with Crippen LogP contribution in [0.15, 0.2) is 24.3 Å². The van der Waals surface area contributed by atoms with Gasteiger partial charge < -0.3 is 15.0 Å². The summed E-state index contributed by atoms with van der Waals surface area (Å²) in [5.74, 6) is 1.86. The molecule has 0 saturated carbocycles. The summed E-state index contributed by atoms with van der Waals surface area (Å²) in [5, 5.41) is 3.55. The van der Waals surface area contributed by atoms with Crippen molar-refractivity contribution < 1.29 is 4.74 Å². The molecule has 0 aromatic heterocycles. The minimum Gasteiger partial charge on any atom is -0.495 e. The van der Waals surface area contributed by atoms with Crippen LogP contribution in [0.1, 0.15) is 19.8 Å². The Labute approximate surface area is 134 Å². The van der Waals surface area contributed by atoms with Gasteiger partial charge in [0, 0.05) is 38.8 Å². The van der Waals surface area contributed by atoms with Gasteiger partial charge >= 0.3 is 0 Å². The van der Waals surface area contributed by atoms with E-state index in [1.807, 2.05) is 6.07 Å². The van der Waals surface area contributed by atoms with Crippen LogP contribution in [0.5, 0.6) is 5.75 Å². The van der Waals surface area contributed by atoms with E-state index in [1.165, 1.54) is 31.6 Å². The smallest absolute Gasteiger partial charge is 0.142 e. The second kappa shape index (κ2) is 7.34. The molecule has 1 N–H and O–H groups in total. The van der Waals surface area contributed by atoms with E-state index < -0.39 is 0 Å². The second-order valence-electron chi connectivity index (χ2n) is 6.71. The molecule has 1 aromatic rings. The average Bonchev–Trinajstić information content (AvgIpc) is 2.56. The third kappa shape index (κ3) is 3.73. The van der Waals surface area contributed by atoms with E-state index in [1.54, 1.807) is 7.11 Å². The molecule has 122 valence electrons. The van der Waals surface area contributed by atoms with Crippen LogP contribution in [0, 0.1) is 5.92 Å². The van der Waals surface area contributed by atoms with E-state index in [-0.39, 0.29) is 0 Å². The highest BCUT2D eigenvalue weighted by atomic mass is 16.5. The van der Waals surface area contributed by atoms with Gasteiger partial charge in [0.15, 0.2) is 0 Å². The van der Waals surface area contributed by atoms with Crippen molar-refractivity contribution in [2.45, 2.75) is 25.8 Å². The highest BCUT2D eigenvalue weighted by molar-refractivity contribution is 5.58. The van der Waals surface area contributed by atoms with E-state index in [0.717, 1.165) is 37.8 Å². The maximum Gasteiger partial charge on any atom is 0.142 e. The lowest BCUT2D eigenvalue weighted by atomic mass is 9.92. The van der Waals surface area contributed by atoms with Gasteiger partial charge in [-0.15, -0.1) is 0 Å². The molecule has 2 saturated heterocycles. The van der Waals surface area contributed by atoms with Crippen LogP contribution in [0.2, 0.25) is 0 Å². The van der Waals surface area contributed by atoms with Crippen molar-refractivity contribution in [3.05, 3.63) is 24.3 Å². The van der Waals surface area contributed by atoms with E-state index in [2.05, 4.69) is 40.2 Å². The monoisotopic (exact) mass is 303 g/mol. The molecule has 0 spiro atoms. The Morgan fingerprint density at radius 2 is 1.95 bits per heavy atom. The van der Waals surface area contributed by atoms with E-state index in [4.69, 9.17) is 4.74 Å². The highest BCUT2D eigenvalue weighted by Gasteiger charge is 2.24. The first-order valence-electron chi connectivity index (χ1n) is 8.60. The Kier molecular flexibility index (Phi) is 5.21. The van der Waals surface area contributed by atoms with Gasteiger partial charge in [0.1, 0.15) is 5.75 Å². The molecule has 4 nitrogen and oxygen atoms in total. The molecule has 2 aliphatic heterocycles. The van der Waals surface area contributed by atoms with Crippen LogP contribution < -0.4 is 15.0 Å². The van der Waals surface area contributed by atoms with Crippen LogP contribution in [0.4, 0.5) is 5.69 Å². The maximum atomic E-state index is 5.50. The van der Waals surface area contributed by atoms with Crippen molar-refractivity contribution in [1.82, 2.24) is 10.2 Å². The topological polar surface area (TPSA) is 27.7 Å². The predicted octanol–water partition coefficient (Wildman–Crippen LogP) is 2.21. The summed E-state index contributed by atoms with van der Waals surface area (Å²) in [6.45, 7) is 9.29. The number of piperidine rings is 1. The van der Waals surface area contributed by atoms with Crippen molar-refractivity contribution in [3.8, 4) is 5.75 Å². The lowest BCUT2D eigenvalue weighted by molar-refractivity contribution is 0.183. The van der Waals surface area contributed by atoms with E-state index in [0.29, 0.717) is 6.04 Å². The standard InChI is InChI=1S/C18H29N3O/c1-15-13-16(7-8-19-15)14-20-9-11-21(12-10-20)17-5-3-4-6-18(17)22-2/h3-6,15-16,19H,7-14H2,1-2H3. The first-order chi connectivity index (χ1) is 10.8. The number of para-hydroxylation sites is 2. The molecule has 0 amide bonds. The molecule has 0 radical (unpaired) electrons. The number of piperazine rings is 1. The minimum atomic E-state index is 0.689. The summed E-state index contributed by atoms with van der Waals surface area (Å²) < 4.78 is 5.50. The van der Waals surface area contributed by atoms with Gasteiger partial charge in [0.05, 0.1) is 12.8 Å². The number of ether oxygens (including phenoxy) is 1. The zero-order valence-corrected chi connectivity index (χ0v) is 13.9. The number of hydrogen-bond donors (Lipinski definition) is 1. The molecular weight excluding hydrogens is 274 g/mol. The van der Waals surface area contributed by atoms with Crippen molar-refractivity contribution in [1.29, 1.82) is 0 Å². The molecule has 0 bridgehead atoms. The van der Waals surface area contributed by atoms with Crippen LogP contribution in [0.3, 0.4) is 0 Å².